The average Bonchev–Trinajstić information content (AvgIpc) is 2.36. The molecule has 0 spiro atoms. The number of aliphatic imine (C=N–C) groups is 1. The van der Waals surface area contributed by atoms with Crippen LogP contribution in [0, 0.1) is 12.5 Å². The van der Waals surface area contributed by atoms with E-state index in [1.54, 1.807) is 18.5 Å². The number of hydrogen-bond acceptors (Lipinski definition) is 2. The van der Waals surface area contributed by atoms with Crippen LogP contribution >= 0.6 is 0 Å². The van der Waals surface area contributed by atoms with Crippen molar-refractivity contribution in [3.05, 3.63) is 12.3 Å². The predicted octanol–water partition coefficient (Wildman–Crippen LogP) is 1.04. The van der Waals surface area contributed by atoms with Crippen LogP contribution in [0.4, 0.5) is 5.82 Å². The second-order valence-corrected chi connectivity index (χ2v) is 1.62. The smallest absolute Gasteiger partial charge is 0.164 e. The van der Waals surface area contributed by atoms with Gasteiger partial charge in [-0.1, -0.05) is 6.42 Å². The molecule has 10 heavy (non-hydrogen) atoms. The highest BCUT2D eigenvalue weighted by Crippen LogP contribution is 2.06. The number of terminal acetylenes is 1. The van der Waals surface area contributed by atoms with Crippen LogP contribution in [0.5, 0.6) is 0 Å². The number of hydrogen-bond donors (Lipinski definition) is 0. The second-order valence-electron chi connectivity index (χ2n) is 1.62. The molecule has 0 aliphatic rings. The quantitative estimate of drug-likeness (QED) is 0.416. The summed E-state index contributed by atoms with van der Waals surface area (Å²) < 4.78 is 1.38. The fraction of sp³-hybridized carbons (Fsp3) is 0.143. The molecule has 0 aliphatic carbocycles. The topological polar surface area (TPSA) is 30.2 Å². The molecule has 0 fully saturated rings. The molecule has 0 unspecified atom stereocenters. The Hall–Kier alpha value is -1.56. The van der Waals surface area contributed by atoms with Gasteiger partial charge in [0.05, 0.1) is 6.20 Å². The zero-order chi connectivity index (χ0) is 7.40. The van der Waals surface area contributed by atoms with E-state index >= 15 is 0 Å². The van der Waals surface area contributed by atoms with Crippen LogP contribution in [-0.4, -0.2) is 16.0 Å². The lowest BCUT2D eigenvalue weighted by Crippen LogP contribution is -1.87. The van der Waals surface area contributed by atoms with E-state index in [2.05, 4.69) is 16.1 Å². The maximum Gasteiger partial charge on any atom is 0.164 e. The van der Waals surface area contributed by atoms with Gasteiger partial charge >= 0.3 is 0 Å². The summed E-state index contributed by atoms with van der Waals surface area (Å²) in [6, 6.07) is 4.10. The van der Waals surface area contributed by atoms with Crippen molar-refractivity contribution in [3.8, 4) is 12.5 Å². The molecule has 0 saturated carbocycles. The average molecular weight is 133 g/mol. The van der Waals surface area contributed by atoms with Crippen molar-refractivity contribution in [1.82, 2.24) is 9.78 Å². The fourth-order valence-electron chi connectivity index (χ4n) is 0.626. The summed E-state index contributed by atoms with van der Waals surface area (Å²) in [5, 5.41) is 3.82. The van der Waals surface area contributed by atoms with Gasteiger partial charge in [-0.25, -0.2) is 4.99 Å². The Bertz CT molecular complexity index is 277. The van der Waals surface area contributed by atoms with E-state index in [1.807, 2.05) is 6.92 Å². The summed E-state index contributed by atoms with van der Waals surface area (Å²) >= 11 is 0. The molecular weight excluding hydrogens is 126 g/mol. The summed E-state index contributed by atoms with van der Waals surface area (Å²) in [6.45, 7) is 1.83. The maximum absolute atomic E-state index is 5.10. The van der Waals surface area contributed by atoms with E-state index in [-0.39, 0.29) is 0 Å². The van der Waals surface area contributed by atoms with Gasteiger partial charge in [-0.15, -0.1) is 0 Å². The Balaban J connectivity index is 3.04. The van der Waals surface area contributed by atoms with E-state index in [9.17, 15) is 0 Å². The first-order chi connectivity index (χ1) is 4.88. The highest BCUT2D eigenvalue weighted by atomic mass is 15.3. The third-order valence-electron chi connectivity index (χ3n) is 1.01. The highest BCUT2D eigenvalue weighted by molar-refractivity contribution is 5.58. The van der Waals surface area contributed by atoms with Gasteiger partial charge in [-0.3, -0.25) is 0 Å². The molecule has 1 rings (SSSR count). The zero-order valence-corrected chi connectivity index (χ0v) is 5.65. The Kier molecular flexibility index (Phi) is 1.86. The molecule has 1 heterocycles. The number of rotatable bonds is 1. The molecule has 0 radical (unpaired) electrons. The minimum absolute atomic E-state index is 0.685. The molecule has 3 heteroatoms. The second kappa shape index (κ2) is 2.83. The zero-order valence-electron chi connectivity index (χ0n) is 5.65. The van der Waals surface area contributed by atoms with Crippen LogP contribution in [-0.2, 0) is 0 Å². The molecule has 0 N–H and O–H groups in total. The van der Waals surface area contributed by atoms with Crippen LogP contribution in [0.15, 0.2) is 17.3 Å². The summed E-state index contributed by atoms with van der Waals surface area (Å²) in [5.41, 5.74) is 0. The van der Waals surface area contributed by atoms with Crippen molar-refractivity contribution in [1.29, 1.82) is 0 Å². The van der Waals surface area contributed by atoms with Gasteiger partial charge in [0.1, 0.15) is 0 Å². The lowest BCUT2D eigenvalue weighted by Gasteiger charge is -1.88. The lowest BCUT2D eigenvalue weighted by atomic mass is 10.6. The summed E-state index contributed by atoms with van der Waals surface area (Å²) in [5.74, 6) is 0.685. The van der Waals surface area contributed by atoms with Gasteiger partial charge in [-0.2, -0.15) is 9.78 Å². The molecule has 0 amide bonds. The van der Waals surface area contributed by atoms with E-state index < -0.39 is 0 Å². The van der Waals surface area contributed by atoms with Crippen LogP contribution in [0.1, 0.15) is 6.92 Å². The van der Waals surface area contributed by atoms with Crippen LogP contribution < -0.4 is 0 Å². The maximum atomic E-state index is 5.10. The molecule has 3 nitrogen and oxygen atoms in total. The number of nitrogens with zero attached hydrogens (tertiary/aromatic N) is 3. The van der Waals surface area contributed by atoms with Crippen molar-refractivity contribution in [2.75, 3.05) is 0 Å². The predicted molar refractivity (Wildman–Crippen MR) is 40.3 cm³/mol. The van der Waals surface area contributed by atoms with Gasteiger partial charge in [0.25, 0.3) is 0 Å². The molecule has 0 aromatic carbocycles. The Morgan fingerprint density at radius 3 is 3.30 bits per heavy atom. The molecule has 0 atom stereocenters. The van der Waals surface area contributed by atoms with Gasteiger partial charge in [-0.05, 0) is 6.92 Å². The first-order valence-corrected chi connectivity index (χ1v) is 2.88. The summed E-state index contributed by atoms with van der Waals surface area (Å²) in [4.78, 5) is 3.97. The minimum atomic E-state index is 0.685. The highest BCUT2D eigenvalue weighted by Gasteiger charge is 1.92. The van der Waals surface area contributed by atoms with Crippen molar-refractivity contribution in [2.24, 2.45) is 4.99 Å². The lowest BCUT2D eigenvalue weighted by molar-refractivity contribution is 0.917. The molecular formula is C7H7N3. The summed E-state index contributed by atoms with van der Waals surface area (Å²) in [6.07, 6.45) is 8.39. The Morgan fingerprint density at radius 2 is 2.70 bits per heavy atom. The first kappa shape index (κ1) is 6.56. The van der Waals surface area contributed by atoms with Gasteiger partial charge in [0, 0.05) is 18.3 Å². The third kappa shape index (κ3) is 1.06. The van der Waals surface area contributed by atoms with Gasteiger partial charge < -0.3 is 0 Å². The monoisotopic (exact) mass is 133 g/mol. The van der Waals surface area contributed by atoms with Crippen molar-refractivity contribution < 1.29 is 0 Å². The number of aromatic nitrogens is 2. The Labute approximate surface area is 59.4 Å². The molecule has 1 aromatic heterocycles. The van der Waals surface area contributed by atoms with E-state index in [4.69, 9.17) is 6.42 Å². The minimum Gasteiger partial charge on any atom is -0.241 e. The molecule has 1 aromatic rings. The van der Waals surface area contributed by atoms with Crippen LogP contribution in [0.25, 0.3) is 0 Å². The van der Waals surface area contributed by atoms with Gasteiger partial charge in [0.2, 0.25) is 0 Å². The molecule has 0 saturated heterocycles. The normalized spacial score (nSPS) is 10.0. The first-order valence-electron chi connectivity index (χ1n) is 2.88. The van der Waals surface area contributed by atoms with Gasteiger partial charge in [0.15, 0.2) is 5.82 Å². The SMILES string of the molecule is C#Cn1nccc1/N=C\C. The van der Waals surface area contributed by atoms with E-state index in [0.29, 0.717) is 5.82 Å². The van der Waals surface area contributed by atoms with Crippen molar-refractivity contribution >= 4 is 12.0 Å². The molecule has 50 valence electrons. The fourth-order valence-corrected chi connectivity index (χ4v) is 0.626. The summed E-state index contributed by atoms with van der Waals surface area (Å²) in [7, 11) is 0. The molecule has 0 bridgehead atoms. The standard InChI is InChI=1S/C7H7N3/c1-3-8-7-5-6-9-10(7)4-2/h2-3,5-6H,1H3/b8-3-. The van der Waals surface area contributed by atoms with Crippen molar-refractivity contribution in [3.63, 3.8) is 0 Å². The van der Waals surface area contributed by atoms with Crippen molar-refractivity contribution in [2.45, 2.75) is 6.92 Å². The molecule has 0 aliphatic heterocycles. The van der Waals surface area contributed by atoms with Crippen LogP contribution in [0.3, 0.4) is 0 Å². The Morgan fingerprint density at radius 1 is 1.90 bits per heavy atom. The van der Waals surface area contributed by atoms with E-state index in [1.165, 1.54) is 4.68 Å². The third-order valence-corrected chi connectivity index (χ3v) is 1.01. The van der Waals surface area contributed by atoms with Crippen LogP contribution in [0.2, 0.25) is 0 Å². The van der Waals surface area contributed by atoms with E-state index in [0.717, 1.165) is 0 Å². The largest absolute Gasteiger partial charge is 0.241 e.